The first-order valence-corrected chi connectivity index (χ1v) is 7.43. The Morgan fingerprint density at radius 1 is 0.950 bits per heavy atom. The van der Waals surface area contributed by atoms with Crippen molar-refractivity contribution in [3.63, 3.8) is 0 Å². The van der Waals surface area contributed by atoms with Crippen LogP contribution in [0.3, 0.4) is 0 Å². The van der Waals surface area contributed by atoms with Crippen molar-refractivity contribution >= 4 is 5.69 Å². The fourth-order valence-corrected chi connectivity index (χ4v) is 2.42. The molecule has 0 heterocycles. The van der Waals surface area contributed by atoms with Crippen LogP contribution in [0.25, 0.3) is 0 Å². The molecule has 2 nitrogen and oxygen atoms in total. The molecule has 2 heteroatoms. The zero-order valence-electron chi connectivity index (χ0n) is 12.1. The van der Waals surface area contributed by atoms with Gasteiger partial charge in [0.2, 0.25) is 0 Å². The van der Waals surface area contributed by atoms with E-state index >= 15 is 0 Å². The Morgan fingerprint density at radius 2 is 1.55 bits per heavy atom. The average molecular weight is 268 g/mol. The smallest absolute Gasteiger partial charge is 0.0499 e. The van der Waals surface area contributed by atoms with Crippen molar-refractivity contribution < 1.29 is 0 Å². The molecule has 2 aromatic carbocycles. The van der Waals surface area contributed by atoms with Crippen LogP contribution in [-0.2, 0) is 0 Å². The molecular weight excluding hydrogens is 244 g/mol. The van der Waals surface area contributed by atoms with Crippen LogP contribution >= 0.6 is 0 Å². The Morgan fingerprint density at radius 3 is 2.15 bits per heavy atom. The van der Waals surface area contributed by atoms with Crippen LogP contribution in [0.2, 0.25) is 0 Å². The number of hydrogen-bond acceptors (Lipinski definition) is 2. The first-order chi connectivity index (χ1) is 9.81. The molecule has 2 unspecified atom stereocenters. The highest BCUT2D eigenvalue weighted by molar-refractivity contribution is 5.44. The van der Waals surface area contributed by atoms with Gasteiger partial charge in [0.15, 0.2) is 0 Å². The second-order valence-corrected chi connectivity index (χ2v) is 5.20. The largest absolute Gasteiger partial charge is 0.380 e. The molecule has 2 rings (SSSR count). The van der Waals surface area contributed by atoms with Gasteiger partial charge in [-0.3, -0.25) is 0 Å². The molecule has 2 atom stereocenters. The number of nitrogens with one attached hydrogen (secondary N) is 1. The maximum atomic E-state index is 6.47. The molecule has 0 saturated heterocycles. The molecule has 0 amide bonds. The zero-order chi connectivity index (χ0) is 14.2. The molecule has 0 radical (unpaired) electrons. The van der Waals surface area contributed by atoms with E-state index in [1.165, 1.54) is 18.4 Å². The van der Waals surface area contributed by atoms with Crippen molar-refractivity contribution in [3.8, 4) is 0 Å². The van der Waals surface area contributed by atoms with E-state index in [0.29, 0.717) is 0 Å². The SMILES string of the molecule is CCCCC(Nc1ccccc1)C(N)c1ccccc1. The van der Waals surface area contributed by atoms with Crippen LogP contribution in [0.5, 0.6) is 0 Å². The van der Waals surface area contributed by atoms with Crippen molar-refractivity contribution in [1.82, 2.24) is 0 Å². The summed E-state index contributed by atoms with van der Waals surface area (Å²) >= 11 is 0. The van der Waals surface area contributed by atoms with Crippen molar-refractivity contribution in [1.29, 1.82) is 0 Å². The van der Waals surface area contributed by atoms with Gasteiger partial charge in [-0.15, -0.1) is 0 Å². The fourth-order valence-electron chi connectivity index (χ4n) is 2.42. The average Bonchev–Trinajstić information content (AvgIpc) is 2.52. The summed E-state index contributed by atoms with van der Waals surface area (Å²) in [5.74, 6) is 0. The van der Waals surface area contributed by atoms with E-state index < -0.39 is 0 Å². The van der Waals surface area contributed by atoms with Gasteiger partial charge in [-0.1, -0.05) is 68.3 Å². The van der Waals surface area contributed by atoms with E-state index in [-0.39, 0.29) is 12.1 Å². The molecule has 0 aliphatic rings. The molecule has 0 bridgehead atoms. The van der Waals surface area contributed by atoms with Crippen LogP contribution in [0.15, 0.2) is 60.7 Å². The highest BCUT2D eigenvalue weighted by Gasteiger charge is 2.18. The van der Waals surface area contributed by atoms with Gasteiger partial charge in [0.1, 0.15) is 0 Å². The van der Waals surface area contributed by atoms with Crippen molar-refractivity contribution in [3.05, 3.63) is 66.2 Å². The Hall–Kier alpha value is -1.80. The zero-order valence-corrected chi connectivity index (χ0v) is 12.1. The number of nitrogens with two attached hydrogens (primary N) is 1. The topological polar surface area (TPSA) is 38.0 Å². The van der Waals surface area contributed by atoms with Gasteiger partial charge in [0, 0.05) is 17.8 Å². The van der Waals surface area contributed by atoms with E-state index in [9.17, 15) is 0 Å². The second-order valence-electron chi connectivity index (χ2n) is 5.20. The summed E-state index contributed by atoms with van der Waals surface area (Å²) in [6, 6.07) is 20.9. The van der Waals surface area contributed by atoms with Gasteiger partial charge >= 0.3 is 0 Å². The maximum absolute atomic E-state index is 6.47. The minimum Gasteiger partial charge on any atom is -0.380 e. The fraction of sp³-hybridized carbons (Fsp3) is 0.333. The van der Waals surface area contributed by atoms with Crippen molar-refractivity contribution in [2.75, 3.05) is 5.32 Å². The van der Waals surface area contributed by atoms with Crippen LogP contribution in [0.4, 0.5) is 5.69 Å². The van der Waals surface area contributed by atoms with Gasteiger partial charge < -0.3 is 11.1 Å². The highest BCUT2D eigenvalue weighted by atomic mass is 15.0. The summed E-state index contributed by atoms with van der Waals surface area (Å²) in [5.41, 5.74) is 8.80. The standard InChI is InChI=1S/C18H24N2/c1-2-3-14-17(20-16-12-8-5-9-13-16)18(19)15-10-6-4-7-11-15/h4-13,17-18,20H,2-3,14,19H2,1H3. The van der Waals surface area contributed by atoms with Crippen LogP contribution in [0.1, 0.15) is 37.8 Å². The van der Waals surface area contributed by atoms with Crippen molar-refractivity contribution in [2.24, 2.45) is 5.73 Å². The van der Waals surface area contributed by atoms with Crippen LogP contribution in [0, 0.1) is 0 Å². The number of unbranched alkanes of at least 4 members (excludes halogenated alkanes) is 1. The molecule has 106 valence electrons. The quantitative estimate of drug-likeness (QED) is 0.783. The summed E-state index contributed by atoms with van der Waals surface area (Å²) in [7, 11) is 0. The Balaban J connectivity index is 2.10. The van der Waals surface area contributed by atoms with E-state index in [1.54, 1.807) is 0 Å². The first kappa shape index (κ1) is 14.6. The third-order valence-electron chi connectivity index (χ3n) is 3.61. The van der Waals surface area contributed by atoms with Crippen LogP contribution < -0.4 is 11.1 Å². The lowest BCUT2D eigenvalue weighted by atomic mass is 9.95. The number of benzene rings is 2. The molecule has 3 N–H and O–H groups in total. The summed E-state index contributed by atoms with van der Waals surface area (Å²) in [4.78, 5) is 0. The Labute approximate surface area is 122 Å². The Kier molecular flexibility index (Phi) is 5.63. The van der Waals surface area contributed by atoms with Gasteiger partial charge in [0.25, 0.3) is 0 Å². The number of hydrogen-bond donors (Lipinski definition) is 2. The molecule has 20 heavy (non-hydrogen) atoms. The maximum Gasteiger partial charge on any atom is 0.0499 e. The van der Waals surface area contributed by atoms with Crippen LogP contribution in [-0.4, -0.2) is 6.04 Å². The number of anilines is 1. The summed E-state index contributed by atoms with van der Waals surface area (Å²) in [6.45, 7) is 2.22. The lowest BCUT2D eigenvalue weighted by molar-refractivity contribution is 0.521. The van der Waals surface area contributed by atoms with E-state index in [4.69, 9.17) is 5.73 Å². The third kappa shape index (κ3) is 4.10. The van der Waals surface area contributed by atoms with Gasteiger partial charge in [-0.25, -0.2) is 0 Å². The van der Waals surface area contributed by atoms with Gasteiger partial charge in [-0.05, 0) is 24.1 Å². The lowest BCUT2D eigenvalue weighted by Gasteiger charge is -2.26. The normalized spacial score (nSPS) is 13.7. The summed E-state index contributed by atoms with van der Waals surface area (Å²) in [5, 5.41) is 3.59. The summed E-state index contributed by atoms with van der Waals surface area (Å²) in [6.07, 6.45) is 3.46. The number of para-hydroxylation sites is 1. The van der Waals surface area contributed by atoms with E-state index in [2.05, 4.69) is 48.6 Å². The monoisotopic (exact) mass is 268 g/mol. The molecule has 2 aromatic rings. The van der Waals surface area contributed by atoms with E-state index in [0.717, 1.165) is 12.1 Å². The molecule has 0 aliphatic carbocycles. The predicted molar refractivity (Wildman–Crippen MR) is 86.7 cm³/mol. The lowest BCUT2D eigenvalue weighted by Crippen LogP contribution is -2.33. The third-order valence-corrected chi connectivity index (χ3v) is 3.61. The van der Waals surface area contributed by atoms with Crippen molar-refractivity contribution in [2.45, 2.75) is 38.3 Å². The molecule has 0 saturated carbocycles. The summed E-state index contributed by atoms with van der Waals surface area (Å²) < 4.78 is 0. The predicted octanol–water partition coefficient (Wildman–Crippen LogP) is 4.36. The minimum atomic E-state index is 0.0166. The molecule has 0 fully saturated rings. The molecular formula is C18H24N2. The first-order valence-electron chi connectivity index (χ1n) is 7.43. The Bertz CT molecular complexity index is 481. The van der Waals surface area contributed by atoms with E-state index in [1.807, 2.05) is 24.3 Å². The van der Waals surface area contributed by atoms with Gasteiger partial charge in [-0.2, -0.15) is 0 Å². The molecule has 0 spiro atoms. The molecule has 0 aliphatic heterocycles. The molecule has 0 aromatic heterocycles. The van der Waals surface area contributed by atoms with Gasteiger partial charge in [0.05, 0.1) is 0 Å². The number of rotatable bonds is 7. The second kappa shape index (κ2) is 7.71. The highest BCUT2D eigenvalue weighted by Crippen LogP contribution is 2.22. The minimum absolute atomic E-state index is 0.0166.